The summed E-state index contributed by atoms with van der Waals surface area (Å²) in [6, 6.07) is 5.20. The number of hydrogen-bond acceptors (Lipinski definition) is 5. The summed E-state index contributed by atoms with van der Waals surface area (Å²) in [5, 5.41) is 4.92. The average molecular weight is 354 g/mol. The Hall–Kier alpha value is -2.64. The molecule has 0 saturated carbocycles. The van der Waals surface area contributed by atoms with Crippen molar-refractivity contribution in [1.29, 1.82) is 0 Å². The highest BCUT2D eigenvalue weighted by Crippen LogP contribution is 2.09. The van der Waals surface area contributed by atoms with E-state index >= 15 is 0 Å². The van der Waals surface area contributed by atoms with Crippen molar-refractivity contribution in [3.05, 3.63) is 30.1 Å². The minimum absolute atomic E-state index is 0.0278. The number of benzene rings is 1. The van der Waals surface area contributed by atoms with Gasteiger partial charge in [0.25, 0.3) is 5.91 Å². The second kappa shape index (κ2) is 9.00. The summed E-state index contributed by atoms with van der Waals surface area (Å²) in [5.74, 6) is -1.60. The monoisotopic (exact) mass is 354 g/mol. The molecule has 138 valence electrons. The van der Waals surface area contributed by atoms with Crippen molar-refractivity contribution in [3.63, 3.8) is 0 Å². The van der Waals surface area contributed by atoms with Crippen molar-refractivity contribution >= 4 is 23.7 Å². The van der Waals surface area contributed by atoms with E-state index in [1.54, 1.807) is 20.8 Å². The van der Waals surface area contributed by atoms with Gasteiger partial charge in [-0.25, -0.2) is 9.18 Å². The number of ether oxygens (including phenoxy) is 2. The third-order valence-electron chi connectivity index (χ3n) is 2.79. The summed E-state index contributed by atoms with van der Waals surface area (Å²) >= 11 is 0. The minimum atomic E-state index is -1.03. The number of anilines is 1. The zero-order valence-corrected chi connectivity index (χ0v) is 14.7. The van der Waals surface area contributed by atoms with Crippen LogP contribution >= 0.6 is 0 Å². The lowest BCUT2D eigenvalue weighted by molar-refractivity contribution is -0.153. The molecule has 2 amide bonds. The van der Waals surface area contributed by atoms with Crippen LogP contribution in [-0.2, 0) is 19.1 Å². The summed E-state index contributed by atoms with van der Waals surface area (Å²) < 4.78 is 22.8. The SMILES string of the molecule is C[C@H](OC(=O)CCNC(=O)OC(C)(C)C)C(=O)Nc1ccc(F)cc1. The van der Waals surface area contributed by atoms with Crippen molar-refractivity contribution in [3.8, 4) is 0 Å². The Kier molecular flexibility index (Phi) is 7.35. The first kappa shape index (κ1) is 20.4. The Morgan fingerprint density at radius 3 is 2.32 bits per heavy atom. The molecule has 0 bridgehead atoms. The maximum absolute atomic E-state index is 12.8. The molecule has 0 radical (unpaired) electrons. The van der Waals surface area contributed by atoms with E-state index in [4.69, 9.17) is 9.47 Å². The van der Waals surface area contributed by atoms with Crippen LogP contribution < -0.4 is 10.6 Å². The molecule has 2 N–H and O–H groups in total. The molecule has 25 heavy (non-hydrogen) atoms. The molecule has 0 aliphatic rings. The first-order valence-corrected chi connectivity index (χ1v) is 7.79. The van der Waals surface area contributed by atoms with E-state index in [0.29, 0.717) is 5.69 Å². The topological polar surface area (TPSA) is 93.7 Å². The lowest BCUT2D eigenvalue weighted by atomic mass is 10.2. The predicted octanol–water partition coefficient (Wildman–Crippen LogP) is 2.61. The number of halogens is 1. The fourth-order valence-corrected chi connectivity index (χ4v) is 1.67. The molecular weight excluding hydrogens is 331 g/mol. The summed E-state index contributed by atoms with van der Waals surface area (Å²) in [6.45, 7) is 6.62. The number of esters is 1. The molecule has 0 heterocycles. The van der Waals surface area contributed by atoms with Crippen molar-refractivity contribution < 1.29 is 28.2 Å². The van der Waals surface area contributed by atoms with Gasteiger partial charge in [-0.3, -0.25) is 9.59 Å². The Balaban J connectivity index is 2.32. The van der Waals surface area contributed by atoms with Crippen LogP contribution in [0.1, 0.15) is 34.1 Å². The van der Waals surface area contributed by atoms with Gasteiger partial charge in [0, 0.05) is 12.2 Å². The fourth-order valence-electron chi connectivity index (χ4n) is 1.67. The highest BCUT2D eigenvalue weighted by molar-refractivity contribution is 5.95. The number of alkyl carbamates (subject to hydrolysis) is 1. The lowest BCUT2D eigenvalue weighted by Crippen LogP contribution is -2.35. The van der Waals surface area contributed by atoms with Gasteiger partial charge in [0.15, 0.2) is 6.10 Å². The smallest absolute Gasteiger partial charge is 0.407 e. The van der Waals surface area contributed by atoms with Crippen molar-refractivity contribution in [2.24, 2.45) is 0 Å². The molecule has 0 aromatic heterocycles. The van der Waals surface area contributed by atoms with E-state index in [9.17, 15) is 18.8 Å². The van der Waals surface area contributed by atoms with Gasteiger partial charge in [-0.05, 0) is 52.0 Å². The summed E-state index contributed by atoms with van der Waals surface area (Å²) in [7, 11) is 0. The highest BCUT2D eigenvalue weighted by Gasteiger charge is 2.19. The Morgan fingerprint density at radius 2 is 1.76 bits per heavy atom. The molecule has 8 heteroatoms. The second-order valence-corrected chi connectivity index (χ2v) is 6.31. The van der Waals surface area contributed by atoms with Crippen molar-refractivity contribution in [2.75, 3.05) is 11.9 Å². The number of carbonyl (C=O) groups is 3. The third-order valence-corrected chi connectivity index (χ3v) is 2.79. The summed E-state index contributed by atoms with van der Waals surface area (Å²) in [4.78, 5) is 35.0. The second-order valence-electron chi connectivity index (χ2n) is 6.31. The molecule has 1 rings (SSSR count). The standard InChI is InChI=1S/C17H23FN2O5/c1-11(15(22)20-13-7-5-12(18)6-8-13)24-14(21)9-10-19-16(23)25-17(2,3)4/h5-8,11H,9-10H2,1-4H3,(H,19,23)(H,20,22)/t11-/m0/s1. The molecule has 0 fully saturated rings. The fraction of sp³-hybridized carbons (Fsp3) is 0.471. The van der Waals surface area contributed by atoms with Crippen LogP contribution in [0.3, 0.4) is 0 Å². The maximum Gasteiger partial charge on any atom is 0.407 e. The van der Waals surface area contributed by atoms with Gasteiger partial charge in [0.2, 0.25) is 0 Å². The van der Waals surface area contributed by atoms with E-state index in [2.05, 4.69) is 10.6 Å². The van der Waals surface area contributed by atoms with E-state index in [0.717, 1.165) is 0 Å². The van der Waals surface area contributed by atoms with E-state index in [-0.39, 0.29) is 13.0 Å². The minimum Gasteiger partial charge on any atom is -0.452 e. The number of hydrogen-bond donors (Lipinski definition) is 2. The van der Waals surface area contributed by atoms with Crippen molar-refractivity contribution in [2.45, 2.75) is 45.8 Å². The highest BCUT2D eigenvalue weighted by atomic mass is 19.1. The third kappa shape index (κ3) is 8.69. The molecule has 0 spiro atoms. The first-order valence-electron chi connectivity index (χ1n) is 7.79. The predicted molar refractivity (Wildman–Crippen MR) is 89.4 cm³/mol. The molecule has 0 saturated heterocycles. The van der Waals surface area contributed by atoms with Gasteiger partial charge >= 0.3 is 12.1 Å². The number of nitrogens with one attached hydrogen (secondary N) is 2. The van der Waals surface area contributed by atoms with E-state index < -0.39 is 35.5 Å². The van der Waals surface area contributed by atoms with Gasteiger partial charge < -0.3 is 20.1 Å². The number of rotatable bonds is 6. The molecule has 0 unspecified atom stereocenters. The molecule has 1 atom stereocenters. The molecule has 0 aliphatic heterocycles. The largest absolute Gasteiger partial charge is 0.452 e. The summed E-state index contributed by atoms with van der Waals surface area (Å²) in [6.07, 6.45) is -1.77. The van der Waals surface area contributed by atoms with Crippen LogP contribution in [0.4, 0.5) is 14.9 Å². The van der Waals surface area contributed by atoms with Gasteiger partial charge in [0.1, 0.15) is 11.4 Å². The van der Waals surface area contributed by atoms with Crippen LogP contribution in [0.25, 0.3) is 0 Å². The quantitative estimate of drug-likeness (QED) is 0.766. The van der Waals surface area contributed by atoms with Crippen LogP contribution in [0.5, 0.6) is 0 Å². The summed E-state index contributed by atoms with van der Waals surface area (Å²) in [5.41, 5.74) is -0.238. The molecule has 1 aromatic carbocycles. The molecule has 1 aromatic rings. The molecule has 7 nitrogen and oxygen atoms in total. The Labute approximate surface area is 145 Å². The lowest BCUT2D eigenvalue weighted by Gasteiger charge is -2.19. The Bertz CT molecular complexity index is 610. The van der Waals surface area contributed by atoms with Gasteiger partial charge in [-0.1, -0.05) is 0 Å². The van der Waals surface area contributed by atoms with Crippen LogP contribution in [0, 0.1) is 5.82 Å². The van der Waals surface area contributed by atoms with E-state index in [1.165, 1.54) is 31.2 Å². The van der Waals surface area contributed by atoms with Crippen LogP contribution in [0.15, 0.2) is 24.3 Å². The average Bonchev–Trinajstić information content (AvgIpc) is 2.47. The van der Waals surface area contributed by atoms with Gasteiger partial charge in [0.05, 0.1) is 6.42 Å². The molecular formula is C17H23FN2O5. The number of carbonyl (C=O) groups excluding carboxylic acids is 3. The van der Waals surface area contributed by atoms with Crippen LogP contribution in [-0.4, -0.2) is 36.2 Å². The van der Waals surface area contributed by atoms with E-state index in [1.807, 2.05) is 0 Å². The van der Waals surface area contributed by atoms with Gasteiger partial charge in [-0.2, -0.15) is 0 Å². The zero-order chi connectivity index (χ0) is 19.0. The van der Waals surface area contributed by atoms with Crippen molar-refractivity contribution in [1.82, 2.24) is 5.32 Å². The van der Waals surface area contributed by atoms with Crippen LogP contribution in [0.2, 0.25) is 0 Å². The maximum atomic E-state index is 12.8. The number of amides is 2. The Morgan fingerprint density at radius 1 is 1.16 bits per heavy atom. The van der Waals surface area contributed by atoms with Gasteiger partial charge in [-0.15, -0.1) is 0 Å². The molecule has 0 aliphatic carbocycles. The normalized spacial score (nSPS) is 12.0. The zero-order valence-electron chi connectivity index (χ0n) is 14.7. The first-order chi connectivity index (χ1) is 11.6.